The number of likely N-dealkylation sites (tertiary alicyclic amines) is 1. The maximum atomic E-state index is 10.8. The van der Waals surface area contributed by atoms with Crippen LogP contribution in [0, 0.1) is 10.1 Å². The summed E-state index contributed by atoms with van der Waals surface area (Å²) in [6, 6.07) is 10.6. The van der Waals surface area contributed by atoms with Crippen molar-refractivity contribution in [1.29, 1.82) is 0 Å². The second-order valence-electron chi connectivity index (χ2n) is 7.16. The Balaban J connectivity index is 0.00000341. The average Bonchev–Trinajstić information content (AvgIpc) is 3.47. The third kappa shape index (κ3) is 8.00. The fourth-order valence-electron chi connectivity index (χ4n) is 3.48. The topological polar surface area (TPSA) is 95.9 Å². The van der Waals surface area contributed by atoms with E-state index in [1.54, 1.807) is 30.2 Å². The van der Waals surface area contributed by atoms with Gasteiger partial charge in [-0.2, -0.15) is 11.8 Å². The van der Waals surface area contributed by atoms with Gasteiger partial charge in [-0.05, 0) is 49.9 Å². The second-order valence-corrected chi connectivity index (χ2v) is 8.15. The Morgan fingerprint density at radius 2 is 2.00 bits per heavy atom. The van der Waals surface area contributed by atoms with E-state index in [1.807, 2.05) is 12.1 Å². The number of thioether (sulfide) groups is 1. The molecule has 0 aliphatic carbocycles. The van der Waals surface area contributed by atoms with Gasteiger partial charge >= 0.3 is 0 Å². The van der Waals surface area contributed by atoms with Crippen molar-refractivity contribution >= 4 is 47.4 Å². The number of aliphatic imine (C=N–C) groups is 1. The molecule has 170 valence electrons. The molecular formula is C21H30IN5O3S. The molecule has 2 N–H and O–H groups in total. The Morgan fingerprint density at radius 3 is 2.61 bits per heavy atom. The molecular weight excluding hydrogens is 529 g/mol. The number of guanidine groups is 1. The molecule has 0 radical (unpaired) electrons. The van der Waals surface area contributed by atoms with Crippen molar-refractivity contribution in [2.45, 2.75) is 25.4 Å². The molecule has 0 amide bonds. The van der Waals surface area contributed by atoms with Crippen molar-refractivity contribution in [3.63, 3.8) is 0 Å². The number of furan rings is 1. The minimum atomic E-state index is -0.392. The third-order valence-corrected chi connectivity index (χ3v) is 5.69. The average molecular weight is 559 g/mol. The first-order valence-corrected chi connectivity index (χ1v) is 11.6. The van der Waals surface area contributed by atoms with Gasteiger partial charge in [0.25, 0.3) is 5.69 Å². The molecule has 0 spiro atoms. The molecule has 1 aromatic heterocycles. The molecule has 0 saturated carbocycles. The van der Waals surface area contributed by atoms with Crippen LogP contribution in [-0.2, 0) is 6.54 Å². The van der Waals surface area contributed by atoms with Crippen molar-refractivity contribution in [3.8, 4) is 0 Å². The van der Waals surface area contributed by atoms with Gasteiger partial charge in [-0.25, -0.2) is 4.99 Å². The summed E-state index contributed by atoms with van der Waals surface area (Å²) in [5.74, 6) is 2.67. The van der Waals surface area contributed by atoms with Crippen LogP contribution in [0.15, 0.2) is 52.1 Å². The predicted molar refractivity (Wildman–Crippen MR) is 136 cm³/mol. The monoisotopic (exact) mass is 559 g/mol. The first-order valence-electron chi connectivity index (χ1n) is 10.2. The van der Waals surface area contributed by atoms with Crippen molar-refractivity contribution < 1.29 is 9.34 Å². The number of non-ortho nitro benzene ring substituents is 1. The standard InChI is InChI=1S/C21H29N5O3S.HI/c1-30-14-10-22-21(23-15-17-6-8-18(9-7-17)26(27)28)24-16-19(20-5-4-13-29-20)25-11-2-3-12-25;/h4-9,13,19H,2-3,10-12,14-16H2,1H3,(H2,22,23,24);1H. The number of hydrogen-bond donors (Lipinski definition) is 2. The zero-order valence-corrected chi connectivity index (χ0v) is 20.8. The molecule has 2 aromatic rings. The summed E-state index contributed by atoms with van der Waals surface area (Å²) in [7, 11) is 0. The lowest BCUT2D eigenvalue weighted by Gasteiger charge is -2.26. The summed E-state index contributed by atoms with van der Waals surface area (Å²) in [6.07, 6.45) is 6.22. The van der Waals surface area contributed by atoms with Gasteiger partial charge in [0, 0.05) is 31.0 Å². The molecule has 1 aliphatic heterocycles. The number of nitrogens with one attached hydrogen (secondary N) is 2. The van der Waals surface area contributed by atoms with Crippen LogP contribution >= 0.6 is 35.7 Å². The van der Waals surface area contributed by atoms with E-state index < -0.39 is 4.92 Å². The lowest BCUT2D eigenvalue weighted by Crippen LogP contribution is -2.43. The van der Waals surface area contributed by atoms with Gasteiger partial charge in [0.2, 0.25) is 0 Å². The first-order chi connectivity index (χ1) is 14.7. The van der Waals surface area contributed by atoms with Crippen LogP contribution in [-0.4, -0.2) is 54.0 Å². The number of hydrogen-bond acceptors (Lipinski definition) is 6. The Morgan fingerprint density at radius 1 is 1.26 bits per heavy atom. The van der Waals surface area contributed by atoms with Crippen molar-refractivity contribution in [1.82, 2.24) is 15.5 Å². The number of nitro benzene ring substituents is 1. The molecule has 1 aliphatic rings. The number of benzene rings is 1. The van der Waals surface area contributed by atoms with Crippen LogP contribution in [0.4, 0.5) is 5.69 Å². The Bertz CT molecular complexity index is 811. The highest BCUT2D eigenvalue weighted by Gasteiger charge is 2.25. The summed E-state index contributed by atoms with van der Waals surface area (Å²) in [5.41, 5.74) is 1.01. The summed E-state index contributed by atoms with van der Waals surface area (Å²) < 4.78 is 5.70. The summed E-state index contributed by atoms with van der Waals surface area (Å²) in [4.78, 5) is 17.6. The zero-order valence-electron chi connectivity index (χ0n) is 17.7. The van der Waals surface area contributed by atoms with Gasteiger partial charge in [-0.15, -0.1) is 24.0 Å². The molecule has 1 unspecified atom stereocenters. The number of nitrogens with zero attached hydrogens (tertiary/aromatic N) is 3. The highest BCUT2D eigenvalue weighted by Crippen LogP contribution is 2.24. The molecule has 0 bridgehead atoms. The highest BCUT2D eigenvalue weighted by atomic mass is 127. The van der Waals surface area contributed by atoms with E-state index in [4.69, 9.17) is 4.42 Å². The molecule has 1 saturated heterocycles. The van der Waals surface area contributed by atoms with Gasteiger partial charge in [0.15, 0.2) is 5.96 Å². The van der Waals surface area contributed by atoms with Crippen molar-refractivity contribution in [2.24, 2.45) is 4.99 Å². The van der Waals surface area contributed by atoms with Gasteiger partial charge in [0.05, 0.1) is 23.8 Å². The molecule has 2 heterocycles. The fourth-order valence-corrected chi connectivity index (χ4v) is 3.78. The Kier molecular flexibility index (Phi) is 11.2. The highest BCUT2D eigenvalue weighted by molar-refractivity contribution is 14.0. The van der Waals surface area contributed by atoms with E-state index in [9.17, 15) is 10.1 Å². The SMILES string of the molecule is CSCCNC(=NCc1ccc([N+](=O)[O-])cc1)NCC(c1ccco1)N1CCCC1.I. The largest absolute Gasteiger partial charge is 0.468 e. The van der Waals surface area contributed by atoms with Crippen molar-refractivity contribution in [2.75, 3.05) is 38.2 Å². The molecule has 31 heavy (non-hydrogen) atoms. The van der Waals surface area contributed by atoms with E-state index in [2.05, 4.69) is 26.8 Å². The number of nitro groups is 1. The quantitative estimate of drug-likeness (QED) is 0.113. The van der Waals surface area contributed by atoms with Crippen LogP contribution in [0.1, 0.15) is 30.2 Å². The number of rotatable bonds is 10. The van der Waals surface area contributed by atoms with E-state index in [1.165, 1.54) is 25.0 Å². The molecule has 1 atom stereocenters. The smallest absolute Gasteiger partial charge is 0.269 e. The van der Waals surface area contributed by atoms with Gasteiger partial charge in [0.1, 0.15) is 5.76 Å². The molecule has 1 aromatic carbocycles. The van der Waals surface area contributed by atoms with Crippen LogP contribution in [0.2, 0.25) is 0 Å². The van der Waals surface area contributed by atoms with Crippen molar-refractivity contribution in [3.05, 3.63) is 64.1 Å². The predicted octanol–water partition coefficient (Wildman–Crippen LogP) is 4.04. The second kappa shape index (κ2) is 13.6. The molecule has 1 fully saturated rings. The molecule has 3 rings (SSSR count). The van der Waals surface area contributed by atoms with Crippen LogP contribution in [0.25, 0.3) is 0 Å². The first kappa shape index (κ1) is 25.5. The van der Waals surface area contributed by atoms with Crippen LogP contribution < -0.4 is 10.6 Å². The minimum absolute atomic E-state index is 0. The van der Waals surface area contributed by atoms with Crippen LogP contribution in [0.5, 0.6) is 0 Å². The zero-order chi connectivity index (χ0) is 21.2. The maximum Gasteiger partial charge on any atom is 0.269 e. The molecule has 8 nitrogen and oxygen atoms in total. The van der Waals surface area contributed by atoms with E-state index in [0.717, 1.165) is 42.7 Å². The van der Waals surface area contributed by atoms with Gasteiger partial charge in [-0.1, -0.05) is 12.1 Å². The lowest BCUT2D eigenvalue weighted by atomic mass is 10.2. The van der Waals surface area contributed by atoms with E-state index in [-0.39, 0.29) is 35.7 Å². The van der Waals surface area contributed by atoms with Gasteiger partial charge in [-0.3, -0.25) is 15.0 Å². The third-order valence-electron chi connectivity index (χ3n) is 5.08. The fraction of sp³-hybridized carbons (Fsp3) is 0.476. The number of halogens is 1. The summed E-state index contributed by atoms with van der Waals surface area (Å²) in [6.45, 7) is 4.09. The van der Waals surface area contributed by atoms with Gasteiger partial charge < -0.3 is 15.1 Å². The Labute approximate surface area is 204 Å². The van der Waals surface area contributed by atoms with E-state index >= 15 is 0 Å². The summed E-state index contributed by atoms with van der Waals surface area (Å²) in [5, 5.41) is 17.7. The maximum absolute atomic E-state index is 10.8. The Hall–Kier alpha value is -1.79. The minimum Gasteiger partial charge on any atom is -0.468 e. The van der Waals surface area contributed by atoms with Crippen LogP contribution in [0.3, 0.4) is 0 Å². The summed E-state index contributed by atoms with van der Waals surface area (Å²) >= 11 is 1.77. The normalized spacial score (nSPS) is 15.3. The van der Waals surface area contributed by atoms with E-state index in [0.29, 0.717) is 13.1 Å². The lowest BCUT2D eigenvalue weighted by molar-refractivity contribution is -0.384. The molecule has 10 heteroatoms.